The molecule has 1 aliphatic heterocycles. The highest BCUT2D eigenvalue weighted by atomic mass is 32.1. The van der Waals surface area contributed by atoms with Crippen LogP contribution in [-0.2, 0) is 6.54 Å². The lowest BCUT2D eigenvalue weighted by atomic mass is 10.2. The number of nitrogens with one attached hydrogen (secondary N) is 1. The minimum atomic E-state index is -0.332. The van der Waals surface area contributed by atoms with Crippen molar-refractivity contribution < 1.29 is 4.92 Å². The summed E-state index contributed by atoms with van der Waals surface area (Å²) in [6.07, 6.45) is 2.61. The Labute approximate surface area is 111 Å². The number of nitrogens with zero attached hydrogens (tertiary/aromatic N) is 2. The van der Waals surface area contributed by atoms with E-state index in [1.165, 1.54) is 37.3 Å². The molecule has 0 aliphatic carbocycles. The van der Waals surface area contributed by atoms with E-state index in [4.69, 9.17) is 0 Å². The second kappa shape index (κ2) is 6.26. The Hall–Kier alpha value is -0.980. The van der Waals surface area contributed by atoms with Crippen molar-refractivity contribution in [2.45, 2.75) is 32.4 Å². The summed E-state index contributed by atoms with van der Waals surface area (Å²) < 4.78 is 0. The molecular weight excluding hydrogens is 250 g/mol. The molecule has 0 bridgehead atoms. The Morgan fingerprint density at radius 3 is 2.89 bits per heavy atom. The lowest BCUT2D eigenvalue weighted by molar-refractivity contribution is -0.380. The van der Waals surface area contributed by atoms with Gasteiger partial charge in [-0.25, -0.2) is 0 Å². The molecule has 1 N–H and O–H groups in total. The van der Waals surface area contributed by atoms with Crippen molar-refractivity contribution >= 4 is 16.3 Å². The van der Waals surface area contributed by atoms with E-state index >= 15 is 0 Å². The minimum Gasteiger partial charge on any atom is -0.311 e. The number of thiophene rings is 1. The zero-order valence-corrected chi connectivity index (χ0v) is 11.4. The maximum Gasteiger partial charge on any atom is 0.324 e. The molecule has 0 radical (unpaired) electrons. The topological polar surface area (TPSA) is 58.4 Å². The third-order valence-electron chi connectivity index (χ3n) is 3.35. The Bertz CT molecular complexity index is 402. The van der Waals surface area contributed by atoms with E-state index in [2.05, 4.69) is 17.1 Å². The van der Waals surface area contributed by atoms with Gasteiger partial charge in [0.15, 0.2) is 0 Å². The van der Waals surface area contributed by atoms with Gasteiger partial charge in [0, 0.05) is 30.6 Å². The van der Waals surface area contributed by atoms with Crippen LogP contribution in [0.15, 0.2) is 11.4 Å². The predicted octanol–water partition coefficient (Wildman–Crippen LogP) is 2.23. The standard InChI is InChI=1S/C12H19N3O2S/c1-10(14-4-2-3-5-14)7-13-8-11-6-12(15(16)17)18-9-11/h6,9-10,13H,2-5,7-8H2,1H3. The average Bonchev–Trinajstić information content (AvgIpc) is 3.00. The van der Waals surface area contributed by atoms with Gasteiger partial charge in [-0.15, -0.1) is 0 Å². The van der Waals surface area contributed by atoms with E-state index in [9.17, 15) is 10.1 Å². The summed E-state index contributed by atoms with van der Waals surface area (Å²) in [7, 11) is 0. The van der Waals surface area contributed by atoms with E-state index in [1.807, 2.05) is 5.38 Å². The molecule has 1 fully saturated rings. The number of nitro groups is 1. The van der Waals surface area contributed by atoms with Crippen molar-refractivity contribution in [2.24, 2.45) is 0 Å². The van der Waals surface area contributed by atoms with E-state index < -0.39 is 0 Å². The Morgan fingerprint density at radius 1 is 1.56 bits per heavy atom. The zero-order chi connectivity index (χ0) is 13.0. The van der Waals surface area contributed by atoms with E-state index in [1.54, 1.807) is 6.07 Å². The molecule has 1 saturated heterocycles. The summed E-state index contributed by atoms with van der Waals surface area (Å²) in [5, 5.41) is 16.0. The Kier molecular flexibility index (Phi) is 4.68. The predicted molar refractivity (Wildman–Crippen MR) is 72.9 cm³/mol. The highest BCUT2D eigenvalue weighted by Gasteiger charge is 2.17. The smallest absolute Gasteiger partial charge is 0.311 e. The van der Waals surface area contributed by atoms with E-state index in [0.717, 1.165) is 12.1 Å². The van der Waals surface area contributed by atoms with Crippen LogP contribution in [0.25, 0.3) is 0 Å². The highest BCUT2D eigenvalue weighted by molar-refractivity contribution is 7.13. The molecule has 2 heterocycles. The molecule has 1 unspecified atom stereocenters. The largest absolute Gasteiger partial charge is 0.324 e. The summed E-state index contributed by atoms with van der Waals surface area (Å²) in [6.45, 7) is 6.28. The van der Waals surface area contributed by atoms with Gasteiger partial charge in [-0.1, -0.05) is 11.3 Å². The van der Waals surface area contributed by atoms with Crippen molar-refractivity contribution in [1.29, 1.82) is 0 Å². The van der Waals surface area contributed by atoms with Crippen LogP contribution in [0.3, 0.4) is 0 Å². The normalized spacial score (nSPS) is 18.1. The fourth-order valence-corrected chi connectivity index (χ4v) is 3.02. The molecule has 5 nitrogen and oxygen atoms in total. The van der Waals surface area contributed by atoms with Gasteiger partial charge in [-0.05, 0) is 38.4 Å². The Morgan fingerprint density at radius 2 is 2.28 bits per heavy atom. The van der Waals surface area contributed by atoms with Gasteiger partial charge in [0.25, 0.3) is 0 Å². The molecule has 18 heavy (non-hydrogen) atoms. The van der Waals surface area contributed by atoms with E-state index in [0.29, 0.717) is 12.6 Å². The van der Waals surface area contributed by atoms with Crippen LogP contribution in [0.1, 0.15) is 25.3 Å². The molecule has 100 valence electrons. The molecule has 1 atom stereocenters. The SMILES string of the molecule is CC(CNCc1csc([N+](=O)[O-])c1)N1CCCC1. The van der Waals surface area contributed by atoms with Crippen LogP contribution in [0.2, 0.25) is 0 Å². The molecule has 2 rings (SSSR count). The lowest BCUT2D eigenvalue weighted by Crippen LogP contribution is -2.38. The number of rotatable bonds is 6. The second-order valence-corrected chi connectivity index (χ2v) is 5.66. The maximum atomic E-state index is 10.6. The summed E-state index contributed by atoms with van der Waals surface area (Å²) >= 11 is 1.19. The van der Waals surface area contributed by atoms with Gasteiger partial charge in [0.05, 0.1) is 4.92 Å². The van der Waals surface area contributed by atoms with Gasteiger partial charge in [0.1, 0.15) is 0 Å². The van der Waals surface area contributed by atoms with Crippen LogP contribution >= 0.6 is 11.3 Å². The summed E-state index contributed by atoms with van der Waals surface area (Å²) in [5.41, 5.74) is 1.00. The first-order valence-corrected chi connectivity index (χ1v) is 7.21. The van der Waals surface area contributed by atoms with Crippen LogP contribution in [0.4, 0.5) is 5.00 Å². The maximum absolute atomic E-state index is 10.6. The van der Waals surface area contributed by atoms with Gasteiger partial charge in [0.2, 0.25) is 0 Å². The molecule has 1 aromatic heterocycles. The molecule has 0 spiro atoms. The molecular formula is C12H19N3O2S. The first kappa shape index (κ1) is 13.5. The summed E-state index contributed by atoms with van der Waals surface area (Å²) in [6, 6.07) is 2.19. The molecule has 6 heteroatoms. The quantitative estimate of drug-likeness (QED) is 0.635. The molecule has 0 saturated carbocycles. The number of hydrogen-bond acceptors (Lipinski definition) is 5. The van der Waals surface area contributed by atoms with E-state index in [-0.39, 0.29) is 9.92 Å². The lowest BCUT2D eigenvalue weighted by Gasteiger charge is -2.23. The number of likely N-dealkylation sites (tertiary alicyclic amines) is 1. The first-order valence-electron chi connectivity index (χ1n) is 6.33. The first-order chi connectivity index (χ1) is 8.66. The third-order valence-corrected chi connectivity index (χ3v) is 4.28. The highest BCUT2D eigenvalue weighted by Crippen LogP contribution is 2.22. The zero-order valence-electron chi connectivity index (χ0n) is 10.6. The third kappa shape index (κ3) is 3.51. The second-order valence-electron chi connectivity index (χ2n) is 4.77. The molecule has 1 aliphatic rings. The molecule has 0 amide bonds. The van der Waals surface area contributed by atoms with Crippen LogP contribution in [0.5, 0.6) is 0 Å². The van der Waals surface area contributed by atoms with Gasteiger partial charge in [-0.2, -0.15) is 0 Å². The fourth-order valence-electron chi connectivity index (χ4n) is 2.29. The number of hydrogen-bond donors (Lipinski definition) is 1. The molecule has 0 aromatic carbocycles. The Balaban J connectivity index is 1.72. The van der Waals surface area contributed by atoms with Crippen molar-refractivity contribution in [3.05, 3.63) is 27.1 Å². The van der Waals surface area contributed by atoms with Gasteiger partial charge < -0.3 is 5.32 Å². The van der Waals surface area contributed by atoms with Crippen molar-refractivity contribution in [1.82, 2.24) is 10.2 Å². The monoisotopic (exact) mass is 269 g/mol. The van der Waals surface area contributed by atoms with Crippen molar-refractivity contribution in [2.75, 3.05) is 19.6 Å². The van der Waals surface area contributed by atoms with Crippen molar-refractivity contribution in [3.63, 3.8) is 0 Å². The minimum absolute atomic E-state index is 0.222. The average molecular weight is 269 g/mol. The van der Waals surface area contributed by atoms with Gasteiger partial charge >= 0.3 is 5.00 Å². The van der Waals surface area contributed by atoms with Crippen LogP contribution in [0, 0.1) is 10.1 Å². The van der Waals surface area contributed by atoms with Crippen LogP contribution < -0.4 is 5.32 Å². The van der Waals surface area contributed by atoms with Crippen molar-refractivity contribution in [3.8, 4) is 0 Å². The fraction of sp³-hybridized carbons (Fsp3) is 0.667. The molecule has 1 aromatic rings. The summed E-state index contributed by atoms with van der Waals surface area (Å²) in [5.74, 6) is 0. The summed E-state index contributed by atoms with van der Waals surface area (Å²) in [4.78, 5) is 12.7. The van der Waals surface area contributed by atoms with Crippen LogP contribution in [-0.4, -0.2) is 35.5 Å². The van der Waals surface area contributed by atoms with Gasteiger partial charge in [-0.3, -0.25) is 15.0 Å².